The summed E-state index contributed by atoms with van der Waals surface area (Å²) in [5.41, 5.74) is -0.157. The molecular formula is C27H29FN4O4. The van der Waals surface area contributed by atoms with Crippen LogP contribution in [0.1, 0.15) is 36.9 Å². The molecule has 3 fully saturated rings. The minimum atomic E-state index is -1.27. The smallest absolute Gasteiger partial charge is 0.325 e. The second kappa shape index (κ2) is 10.2. The van der Waals surface area contributed by atoms with Crippen LogP contribution < -0.4 is 5.32 Å². The normalized spacial score (nSPS) is 25.1. The van der Waals surface area contributed by atoms with Gasteiger partial charge in [0.2, 0.25) is 5.91 Å². The van der Waals surface area contributed by atoms with Crippen LogP contribution in [0.15, 0.2) is 54.7 Å². The van der Waals surface area contributed by atoms with Gasteiger partial charge in [-0.2, -0.15) is 0 Å². The molecule has 0 saturated carbocycles. The third-order valence-electron chi connectivity index (χ3n) is 7.30. The van der Waals surface area contributed by atoms with Crippen LogP contribution in [0.3, 0.4) is 0 Å². The van der Waals surface area contributed by atoms with Gasteiger partial charge in [-0.1, -0.05) is 18.2 Å². The molecule has 3 aliphatic rings. The van der Waals surface area contributed by atoms with Crippen molar-refractivity contribution in [2.24, 2.45) is 5.92 Å². The van der Waals surface area contributed by atoms with Crippen LogP contribution in [0.5, 0.6) is 0 Å². The number of pyridine rings is 1. The summed E-state index contributed by atoms with van der Waals surface area (Å²) in [6.07, 6.45) is 7.29. The van der Waals surface area contributed by atoms with E-state index in [-0.39, 0.29) is 36.2 Å². The highest BCUT2D eigenvalue weighted by atomic mass is 19.1. The molecule has 8 nitrogen and oxygen atoms in total. The summed E-state index contributed by atoms with van der Waals surface area (Å²) in [6, 6.07) is 11.0. The average molecular weight is 493 g/mol. The number of likely N-dealkylation sites (tertiary alicyclic amines) is 1. The number of carbonyl (C=O) groups is 3. The van der Waals surface area contributed by atoms with E-state index in [1.807, 2.05) is 6.07 Å². The first kappa shape index (κ1) is 24.1. The van der Waals surface area contributed by atoms with Crippen LogP contribution in [0.2, 0.25) is 0 Å². The fourth-order valence-corrected chi connectivity index (χ4v) is 5.42. The Kier molecular flexibility index (Phi) is 6.82. The summed E-state index contributed by atoms with van der Waals surface area (Å²) in [5.74, 6) is -1.07. The molecule has 0 aliphatic carbocycles. The van der Waals surface area contributed by atoms with Gasteiger partial charge < -0.3 is 15.0 Å². The fraction of sp³-hybridized carbons (Fsp3) is 0.407. The first-order valence-corrected chi connectivity index (χ1v) is 12.4. The Balaban J connectivity index is 1.32. The Morgan fingerprint density at radius 3 is 2.69 bits per heavy atom. The largest absolute Gasteiger partial charge is 0.376 e. The molecule has 0 unspecified atom stereocenters. The number of urea groups is 1. The number of piperidine rings is 1. The fourth-order valence-electron chi connectivity index (χ4n) is 5.42. The molecule has 1 aromatic carbocycles. The third-order valence-corrected chi connectivity index (χ3v) is 7.30. The Hall–Kier alpha value is -3.59. The highest BCUT2D eigenvalue weighted by Gasteiger charge is 2.58. The maximum absolute atomic E-state index is 13.9. The van der Waals surface area contributed by atoms with Crippen molar-refractivity contribution < 1.29 is 23.5 Å². The van der Waals surface area contributed by atoms with E-state index in [0.717, 1.165) is 12.8 Å². The minimum absolute atomic E-state index is 0.149. The maximum Gasteiger partial charge on any atom is 0.325 e. The summed E-state index contributed by atoms with van der Waals surface area (Å²) in [7, 11) is 0. The van der Waals surface area contributed by atoms with Crippen molar-refractivity contribution in [3.8, 4) is 0 Å². The van der Waals surface area contributed by atoms with Crippen LogP contribution >= 0.6 is 0 Å². The maximum atomic E-state index is 13.9. The molecule has 2 atom stereocenters. The van der Waals surface area contributed by atoms with Crippen LogP contribution in [0.25, 0.3) is 6.08 Å². The highest BCUT2D eigenvalue weighted by molar-refractivity contribution is 6.07. The van der Waals surface area contributed by atoms with Crippen molar-refractivity contribution in [2.45, 2.75) is 37.3 Å². The van der Waals surface area contributed by atoms with Gasteiger partial charge in [0.15, 0.2) is 5.54 Å². The van der Waals surface area contributed by atoms with Gasteiger partial charge in [-0.05, 0) is 61.6 Å². The summed E-state index contributed by atoms with van der Waals surface area (Å²) >= 11 is 0. The van der Waals surface area contributed by atoms with E-state index in [1.165, 1.54) is 23.1 Å². The minimum Gasteiger partial charge on any atom is -0.376 e. The zero-order valence-electron chi connectivity index (χ0n) is 19.9. The van der Waals surface area contributed by atoms with Gasteiger partial charge in [0.05, 0.1) is 18.3 Å². The molecule has 3 saturated heterocycles. The second-order valence-corrected chi connectivity index (χ2v) is 9.49. The van der Waals surface area contributed by atoms with Crippen molar-refractivity contribution in [1.29, 1.82) is 0 Å². The number of hydrogen-bond donors (Lipinski definition) is 1. The predicted molar refractivity (Wildman–Crippen MR) is 130 cm³/mol. The molecule has 1 N–H and O–H groups in total. The zero-order chi connectivity index (χ0) is 25.1. The van der Waals surface area contributed by atoms with E-state index in [9.17, 15) is 18.8 Å². The van der Waals surface area contributed by atoms with E-state index in [2.05, 4.69) is 10.3 Å². The molecule has 9 heteroatoms. The number of nitrogens with zero attached hydrogens (tertiary/aromatic N) is 3. The third kappa shape index (κ3) is 4.63. The van der Waals surface area contributed by atoms with E-state index >= 15 is 0 Å². The number of aromatic nitrogens is 1. The quantitative estimate of drug-likeness (QED) is 0.494. The Labute approximate surface area is 209 Å². The lowest BCUT2D eigenvalue weighted by Crippen LogP contribution is -2.54. The van der Waals surface area contributed by atoms with Crippen LogP contribution in [-0.2, 0) is 19.9 Å². The molecule has 1 aromatic heterocycles. The summed E-state index contributed by atoms with van der Waals surface area (Å²) in [5, 5.41) is 2.99. The lowest BCUT2D eigenvalue weighted by atomic mass is 9.75. The molecule has 2 aromatic rings. The van der Waals surface area contributed by atoms with Crippen LogP contribution in [-0.4, -0.2) is 65.0 Å². The molecule has 0 radical (unpaired) electrons. The Bertz CT molecular complexity index is 1160. The van der Waals surface area contributed by atoms with E-state index in [0.29, 0.717) is 43.8 Å². The Morgan fingerprint density at radius 2 is 2.00 bits per heavy atom. The lowest BCUT2D eigenvalue weighted by Gasteiger charge is -2.40. The van der Waals surface area contributed by atoms with Crippen molar-refractivity contribution in [3.05, 3.63) is 71.8 Å². The van der Waals surface area contributed by atoms with Gasteiger partial charge in [-0.15, -0.1) is 0 Å². The lowest BCUT2D eigenvalue weighted by molar-refractivity contribution is -0.136. The Morgan fingerprint density at radius 1 is 1.17 bits per heavy atom. The number of benzene rings is 1. The van der Waals surface area contributed by atoms with Crippen molar-refractivity contribution in [2.75, 3.05) is 26.2 Å². The molecule has 5 rings (SSSR count). The number of ether oxygens (including phenoxy) is 1. The first-order valence-electron chi connectivity index (χ1n) is 12.4. The van der Waals surface area contributed by atoms with Gasteiger partial charge in [-0.25, -0.2) is 9.18 Å². The molecule has 3 aliphatic heterocycles. The van der Waals surface area contributed by atoms with Gasteiger partial charge in [-0.3, -0.25) is 19.5 Å². The van der Waals surface area contributed by atoms with Gasteiger partial charge >= 0.3 is 6.03 Å². The van der Waals surface area contributed by atoms with Gasteiger partial charge in [0.1, 0.15) is 5.82 Å². The summed E-state index contributed by atoms with van der Waals surface area (Å²) in [6.45, 7) is 1.72. The predicted octanol–water partition coefficient (Wildman–Crippen LogP) is 3.10. The molecular weight excluding hydrogens is 463 g/mol. The molecule has 36 heavy (non-hydrogen) atoms. The molecule has 0 spiro atoms. The van der Waals surface area contributed by atoms with Crippen molar-refractivity contribution >= 4 is 23.9 Å². The van der Waals surface area contributed by atoms with Crippen molar-refractivity contribution in [1.82, 2.24) is 20.1 Å². The monoisotopic (exact) mass is 492 g/mol. The van der Waals surface area contributed by atoms with Crippen molar-refractivity contribution in [3.63, 3.8) is 0 Å². The van der Waals surface area contributed by atoms with Crippen LogP contribution in [0, 0.1) is 11.7 Å². The summed E-state index contributed by atoms with van der Waals surface area (Å²) < 4.78 is 19.1. The van der Waals surface area contributed by atoms with E-state index < -0.39 is 11.6 Å². The molecule has 0 bridgehead atoms. The topological polar surface area (TPSA) is 91.8 Å². The SMILES string of the molecule is O=C(/C=C/c1cccc(F)c1)N1CCC([C@]2(c3ccccn3)NC(=O)N(C[C@H]3CCCO3)C2=O)CC1. The zero-order valence-corrected chi connectivity index (χ0v) is 19.9. The first-order chi connectivity index (χ1) is 17.5. The van der Waals surface area contributed by atoms with E-state index in [1.54, 1.807) is 41.4 Å². The number of carbonyl (C=O) groups excluding carboxylic acids is 3. The van der Waals surface area contributed by atoms with Gasteiger partial charge in [0.25, 0.3) is 5.91 Å². The summed E-state index contributed by atoms with van der Waals surface area (Å²) in [4.78, 5) is 47.1. The number of amides is 4. The number of imide groups is 1. The molecule has 188 valence electrons. The van der Waals surface area contributed by atoms with E-state index in [4.69, 9.17) is 4.74 Å². The standard InChI is InChI=1S/C27H29FN4O4/c28-21-6-3-5-19(17-21)9-10-24(33)31-14-11-20(12-15-31)27(23-8-1-2-13-29-23)25(34)32(26(35)30-27)18-22-7-4-16-36-22/h1-3,5-6,8-10,13,17,20,22H,4,7,11-12,14-16,18H2,(H,30,35)/b10-9+/t22-,27-/m1/s1. The number of hydrogen-bond acceptors (Lipinski definition) is 5. The number of rotatable bonds is 6. The second-order valence-electron chi connectivity index (χ2n) is 9.49. The number of halogens is 1. The highest BCUT2D eigenvalue weighted by Crippen LogP contribution is 2.41. The molecule has 4 amide bonds. The number of nitrogens with one attached hydrogen (secondary N) is 1. The van der Waals surface area contributed by atoms with Crippen LogP contribution in [0.4, 0.5) is 9.18 Å². The average Bonchev–Trinajstić information content (AvgIpc) is 3.51. The van der Waals surface area contributed by atoms with Gasteiger partial charge in [0, 0.05) is 37.9 Å². The molecule has 4 heterocycles.